The van der Waals surface area contributed by atoms with Gasteiger partial charge in [0.1, 0.15) is 38.6 Å². The monoisotopic (exact) mass is 2860 g/mol. The number of nitrogens with zero attached hydrogens (tertiary/aromatic N) is 4. The number of nitro groups is 2. The van der Waals surface area contributed by atoms with Gasteiger partial charge in [-0.15, -0.1) is 0 Å². The number of anilines is 3. The third kappa shape index (κ3) is 57.0. The minimum atomic E-state index is -3.22. The number of nitrogen functional groups attached to an aromatic ring is 2. The second-order valence-electron chi connectivity index (χ2n) is 20.6. The Kier molecular flexibility index (Phi) is 84.5. The molecule has 0 aliphatic carbocycles. The van der Waals surface area contributed by atoms with Gasteiger partial charge in [0.05, 0.1) is 67.9 Å². The van der Waals surface area contributed by atoms with E-state index >= 15 is 0 Å². The second-order valence-corrected chi connectivity index (χ2v) is 51.0. The molecule has 0 spiro atoms. The second kappa shape index (κ2) is 72.7. The van der Waals surface area contributed by atoms with Gasteiger partial charge in [0.2, 0.25) is 16.9 Å². The van der Waals surface area contributed by atoms with Crippen molar-refractivity contribution in [2.24, 2.45) is 0 Å². The number of Topliss-reactive ketones (excluding diaryl/α,β-unsaturated/α-hetero) is 2. The summed E-state index contributed by atoms with van der Waals surface area (Å²) in [6.07, 6.45) is 0. The zero-order chi connectivity index (χ0) is 87.9. The zero-order valence-electron chi connectivity index (χ0n) is 66.9. The molecule has 0 fully saturated rings. The summed E-state index contributed by atoms with van der Waals surface area (Å²) < 4.78 is 35.5. The Morgan fingerprint density at radius 2 is 0.983 bits per heavy atom. The number of halogens is 13. The predicted octanol–water partition coefficient (Wildman–Crippen LogP) is 24.9. The van der Waals surface area contributed by atoms with Crippen LogP contribution < -0.4 is 47.0 Å². The molecule has 659 valence electrons. The Labute approximate surface area is 851 Å². The van der Waals surface area contributed by atoms with Crippen LogP contribution in [-0.4, -0.2) is 108 Å². The fraction of sp³-hybridized carbons (Fsp3) is 0.333. The molecule has 8 rings (SSSR count). The Morgan fingerprint density at radius 1 is 0.638 bits per heavy atom. The van der Waals surface area contributed by atoms with Crippen molar-refractivity contribution in [1.29, 1.82) is 0 Å². The van der Waals surface area contributed by atoms with E-state index in [-0.39, 0.29) is 119 Å². The number of benzene rings is 6. The van der Waals surface area contributed by atoms with Crippen LogP contribution in [0, 0.1) is 81.1 Å². The van der Waals surface area contributed by atoms with Crippen molar-refractivity contribution in [2.45, 2.75) is 112 Å². The maximum atomic E-state index is 11.4. The minimum absolute atomic E-state index is 0. The minimum Gasteiger partial charge on any atom is -0.494 e. The number of methoxy groups -OCH3 is 4. The van der Waals surface area contributed by atoms with Crippen molar-refractivity contribution in [3.05, 3.63) is 205 Å². The number of H-pyrrole nitrogens is 2. The number of carboxylic acids is 2. The summed E-state index contributed by atoms with van der Waals surface area (Å²) in [5.41, 5.74) is 16.5. The molecule has 0 unspecified atom stereocenters. The summed E-state index contributed by atoms with van der Waals surface area (Å²) in [5.74, 6) is -1.32. The molecule has 1 amide bonds. The number of nitro benzene ring substituents is 2. The maximum absolute atomic E-state index is 11.4. The molecular weight excluding hydrogens is 2770 g/mol. The van der Waals surface area contributed by atoms with Crippen molar-refractivity contribution in [3.63, 3.8) is 0 Å². The number of aryl methyl sites for hydroxylation is 6. The first-order chi connectivity index (χ1) is 51.2. The molecule has 6 aromatic carbocycles. The number of carbonyl (C=O) groups excluding carboxylic acids is 3. The van der Waals surface area contributed by atoms with Gasteiger partial charge in [-0.25, -0.2) is 24.4 Å². The molecule has 1 radical (unpaired) electrons. The van der Waals surface area contributed by atoms with Crippen molar-refractivity contribution in [3.8, 4) is 23.0 Å². The first-order valence-electron chi connectivity index (χ1n) is 31.4. The number of aromatic amines is 2. The van der Waals surface area contributed by atoms with Crippen LogP contribution in [0.25, 0.3) is 21.8 Å². The van der Waals surface area contributed by atoms with E-state index in [1.807, 2.05) is 71.1 Å². The van der Waals surface area contributed by atoms with E-state index in [0.717, 1.165) is 35.6 Å². The van der Waals surface area contributed by atoms with Gasteiger partial charge in [0, 0.05) is 83.0 Å². The van der Waals surface area contributed by atoms with Crippen molar-refractivity contribution < 1.29 is 127 Å². The van der Waals surface area contributed by atoms with Gasteiger partial charge < -0.3 is 88.4 Å². The van der Waals surface area contributed by atoms with Crippen LogP contribution in [0.2, 0.25) is 10.4 Å². The third-order valence-electron chi connectivity index (χ3n) is 12.1. The Morgan fingerprint density at radius 3 is 1.34 bits per heavy atom. The first-order valence-corrected chi connectivity index (χ1v) is 46.6. The molecule has 0 saturated carbocycles. The van der Waals surface area contributed by atoms with Crippen LogP contribution >= 0.6 is 243 Å². The number of hydrogen-bond donors (Lipinski definition) is 7. The molecule has 0 bridgehead atoms. The number of ketones is 2. The standard InChI is InChI=1S/C10H8Cl2N2O.C10H10N2O5.C10H10N2O3.C10H11NO4.C10H13NO2.C8H9NO2.C2H3I3.C2H4I2.2C2H5I.C2H4I.C2H6.2CH3.Cl3OP.2Pd.V/c1-5-3-4-6-7(8(5)15-2)13-10(12)14-9(6)11;1-5-3-4-7(10(14)15)9(12(16)17)8(5)11-6(2)13;1-5-3-4-6-7(8(5)15-2)11-10(14)12-9(6)13;1-6-4-5-8(7(2)12)9(11(13)14)10(6)15-3;1-6-4-5-8(7(2)12)9(11)10(6)13-3;1-5-2-3-6(8(10)11)4-7(5)9;1-2(3,4)5;1-2(3)4;3*1-2-3;1-2;;;1-5(2,3)4;;;/h3-4H,1-2H3;3-4H,1-2H3,(H,11,13)(H,14,15);3-4H,1-2H3,(H2,11,12,13,14);4-5H,1-3H3;4-5H,11H2,1-3H3;2-4H,9H2,1H3,(H,10,11);1H3;2H,1H3;2*2H2,1H3;2H,1H3;1-2H3;2*1H3;;;;/q;;;;;;;;;;-1;;2*-1;;;;. The quantitative estimate of drug-likeness (QED) is 0.00540. The molecule has 27 nitrogen and oxygen atoms in total. The summed E-state index contributed by atoms with van der Waals surface area (Å²) in [6.45, 7) is 29.2. The van der Waals surface area contributed by atoms with Gasteiger partial charge in [0.25, 0.3) is 5.56 Å². The summed E-state index contributed by atoms with van der Waals surface area (Å²) >= 11 is 44.0. The molecule has 9 N–H and O–H groups in total. The fourth-order valence-electron chi connectivity index (χ4n) is 7.89. The number of nitrogens with two attached hydrogens (primary N) is 2. The number of alkyl halides is 7. The van der Waals surface area contributed by atoms with E-state index in [2.05, 4.69) is 267 Å². The number of aromatic nitrogens is 4. The van der Waals surface area contributed by atoms with E-state index in [4.69, 9.17) is 63.8 Å². The smallest absolute Gasteiger partial charge is 0.342 e. The zero-order valence-corrected chi connectivity index (χ0v) is 93.3. The van der Waals surface area contributed by atoms with Gasteiger partial charge >= 0.3 is 34.2 Å². The number of ether oxygens (including phenoxy) is 4. The molecule has 0 saturated heterocycles. The van der Waals surface area contributed by atoms with Crippen LogP contribution in [0.1, 0.15) is 144 Å². The Hall–Kier alpha value is -1.62. The van der Waals surface area contributed by atoms with Crippen molar-refractivity contribution in [2.75, 3.05) is 54.1 Å². The van der Waals surface area contributed by atoms with Crippen LogP contribution in [0.15, 0.2) is 88.5 Å². The number of rotatable bonds is 11. The number of nitrogens with one attached hydrogen (secondary N) is 3. The van der Waals surface area contributed by atoms with E-state index in [1.165, 1.54) is 68.1 Å². The average Bonchev–Trinajstić information content (AvgIpc) is 0.800. The summed E-state index contributed by atoms with van der Waals surface area (Å²) in [6, 6.07) is 21.0. The molecule has 0 aliphatic heterocycles. The molecule has 0 atom stereocenters. The average molecular weight is 2860 g/mol. The van der Waals surface area contributed by atoms with E-state index in [0.29, 0.717) is 66.3 Å². The number of amides is 1. The van der Waals surface area contributed by atoms with E-state index < -0.39 is 55.4 Å². The Bertz CT molecular complexity index is 4530. The third-order valence-corrected chi connectivity index (χ3v) is 12.6. The van der Waals surface area contributed by atoms with Gasteiger partial charge in [-0.2, -0.15) is 6.92 Å². The molecule has 116 heavy (non-hydrogen) atoms. The summed E-state index contributed by atoms with van der Waals surface area (Å²) in [4.78, 5) is 110. The van der Waals surface area contributed by atoms with Crippen LogP contribution in [0.3, 0.4) is 0 Å². The topological polar surface area (TPSA) is 422 Å². The normalized spacial score (nSPS) is 9.29. The fourth-order valence-corrected chi connectivity index (χ4v) is 8.33. The molecular formula is C72H94Cl5I8N9O18PPd2V-3. The van der Waals surface area contributed by atoms with Crippen molar-refractivity contribution >= 4 is 323 Å². The van der Waals surface area contributed by atoms with Gasteiger partial charge in [0.15, 0.2) is 11.6 Å². The largest absolute Gasteiger partial charge is 0.494 e. The van der Waals surface area contributed by atoms with Gasteiger partial charge in [-0.05, 0) is 199 Å². The number of carboxylic acid groups (broad SMARTS) is 2. The Balaban J connectivity index is -0.000000136. The SMILES string of the molecule is CC.CC(=O)Nc1c(C)ccc(C(=O)O)c1[N+](=O)[O-].CC(I)(I)I.CC(I)I.CCI.CCI.COc1c(C)ccc(C(C)=O)c1N.COc1c(C)ccc(C(C)=O)c1[N+](=O)[O-].COc1c(C)ccc2c(=O)[nH]c(=O)[nH]c12.COc1c(C)ccc2c(Cl)nc(Cl)nc12.C[CH-]I.Cc1ccc(C(=O)O)cc1N.O=P(Cl)(Cl)Cl.[CH3-].[CH3-].[Pd].[Pd].[V]. The number of carbonyl (C=O) groups is 5. The molecule has 8 aromatic rings. The number of fused-ring (bicyclic) bond motifs is 2. The van der Waals surface area contributed by atoms with Gasteiger partial charge in [-0.3, -0.25) is 53.4 Å². The predicted molar refractivity (Wildman–Crippen MR) is 536 cm³/mol. The number of aromatic carboxylic acids is 2. The molecule has 44 heteroatoms. The summed E-state index contributed by atoms with van der Waals surface area (Å²) in [5, 5.41) is 39.8. The molecule has 2 aromatic heterocycles. The number of hydrogen-bond acceptors (Lipinski definition) is 20. The van der Waals surface area contributed by atoms with Crippen molar-refractivity contribution in [1.82, 2.24) is 19.9 Å². The molecule has 0 aliphatic rings. The van der Waals surface area contributed by atoms with Crippen LogP contribution in [0.5, 0.6) is 23.0 Å². The summed E-state index contributed by atoms with van der Waals surface area (Å²) in [7, 11) is 5.98. The van der Waals surface area contributed by atoms with Crippen LogP contribution in [-0.2, 0) is 68.8 Å². The van der Waals surface area contributed by atoms with Gasteiger partial charge in [-0.1, -0.05) is 234 Å². The first kappa shape index (κ1) is 135. The van der Waals surface area contributed by atoms with E-state index in [1.54, 1.807) is 58.4 Å². The van der Waals surface area contributed by atoms with Crippen LogP contribution in [0.4, 0.5) is 28.4 Å². The maximum Gasteiger partial charge on any atom is 0.342 e. The van der Waals surface area contributed by atoms with E-state index in [9.17, 15) is 58.4 Å². The molecule has 2 heterocycles.